The first kappa shape index (κ1) is 25.0. The number of piperazine rings is 1. The first-order valence-electron chi connectivity index (χ1n) is 11.5. The number of nitrogens with zero attached hydrogens (tertiary/aromatic N) is 3. The van der Waals surface area contributed by atoms with Crippen LogP contribution in [-0.2, 0) is 11.0 Å². The van der Waals surface area contributed by atoms with Crippen molar-refractivity contribution >= 4 is 11.6 Å². The van der Waals surface area contributed by atoms with Crippen LogP contribution in [0.1, 0.15) is 22.7 Å². The number of anilines is 1. The molecule has 0 bridgehead atoms. The molecule has 5 nitrogen and oxygen atoms in total. The maximum absolute atomic E-state index is 13.3. The smallest absolute Gasteiger partial charge is 0.374 e. The number of nitrogens with one attached hydrogen (secondary N) is 1. The molecule has 1 fully saturated rings. The highest BCUT2D eigenvalue weighted by Gasteiger charge is 2.34. The molecule has 3 aromatic carbocycles. The summed E-state index contributed by atoms with van der Waals surface area (Å²) in [5, 5.41) is 11.8. The molecule has 0 spiro atoms. The summed E-state index contributed by atoms with van der Waals surface area (Å²) in [4.78, 5) is 16.8. The Morgan fingerprint density at radius 3 is 1.92 bits per heavy atom. The van der Waals surface area contributed by atoms with Gasteiger partial charge in [-0.05, 0) is 23.3 Å². The first-order chi connectivity index (χ1) is 17.4. The SMILES string of the molecule is N#C/C(=C/N1CCN(C(c2ccccc2)c2ccccc2)CC1)C(=O)Nc1ccccc1C(F)(F)F. The van der Waals surface area contributed by atoms with Gasteiger partial charge in [0.25, 0.3) is 5.91 Å². The van der Waals surface area contributed by atoms with Gasteiger partial charge in [-0.15, -0.1) is 0 Å². The largest absolute Gasteiger partial charge is 0.418 e. The molecule has 1 amide bonds. The third kappa shape index (κ3) is 5.93. The number of carbonyl (C=O) groups is 1. The summed E-state index contributed by atoms with van der Waals surface area (Å²) >= 11 is 0. The lowest BCUT2D eigenvalue weighted by Crippen LogP contribution is -2.46. The molecule has 184 valence electrons. The van der Waals surface area contributed by atoms with Gasteiger partial charge in [-0.2, -0.15) is 18.4 Å². The van der Waals surface area contributed by atoms with Crippen LogP contribution in [0.2, 0.25) is 0 Å². The van der Waals surface area contributed by atoms with E-state index in [9.17, 15) is 23.2 Å². The van der Waals surface area contributed by atoms with Crippen LogP contribution in [0.3, 0.4) is 0 Å². The van der Waals surface area contributed by atoms with Crippen LogP contribution in [-0.4, -0.2) is 41.9 Å². The van der Waals surface area contributed by atoms with Crippen LogP contribution < -0.4 is 5.32 Å². The number of nitriles is 1. The molecule has 0 atom stereocenters. The molecule has 1 heterocycles. The molecule has 0 aromatic heterocycles. The Kier molecular flexibility index (Phi) is 7.71. The van der Waals surface area contributed by atoms with Gasteiger partial charge in [-0.3, -0.25) is 9.69 Å². The van der Waals surface area contributed by atoms with Crippen molar-refractivity contribution in [3.63, 3.8) is 0 Å². The number of carbonyl (C=O) groups excluding carboxylic acids is 1. The summed E-state index contributed by atoms with van der Waals surface area (Å²) in [5.41, 5.74) is 0.760. The highest BCUT2D eigenvalue weighted by molar-refractivity contribution is 6.06. The lowest BCUT2D eigenvalue weighted by molar-refractivity contribution is -0.137. The standard InChI is InChI=1S/C28H25F3N4O/c29-28(30,31)24-13-7-8-14-25(24)33-27(36)23(19-32)20-34-15-17-35(18-16-34)26(21-9-3-1-4-10-21)22-11-5-2-6-12-22/h1-14,20,26H,15-18H2,(H,33,36)/b23-20-. The van der Waals surface area contributed by atoms with E-state index in [1.165, 1.54) is 35.5 Å². The minimum absolute atomic E-state index is 0.0659. The predicted molar refractivity (Wildman–Crippen MR) is 132 cm³/mol. The lowest BCUT2D eigenvalue weighted by atomic mass is 9.96. The Morgan fingerprint density at radius 1 is 0.861 bits per heavy atom. The highest BCUT2D eigenvalue weighted by atomic mass is 19.4. The number of para-hydroxylation sites is 1. The average molecular weight is 491 g/mol. The number of benzene rings is 3. The summed E-state index contributed by atoms with van der Waals surface area (Å²) in [7, 11) is 0. The van der Waals surface area contributed by atoms with Crippen LogP contribution in [0.15, 0.2) is 96.7 Å². The Bertz CT molecular complexity index is 1210. The zero-order chi connectivity index (χ0) is 25.5. The summed E-state index contributed by atoms with van der Waals surface area (Å²) in [6, 6.07) is 27.0. The van der Waals surface area contributed by atoms with E-state index in [1.54, 1.807) is 0 Å². The number of alkyl halides is 3. The molecule has 1 aliphatic heterocycles. The average Bonchev–Trinajstić information content (AvgIpc) is 2.89. The zero-order valence-corrected chi connectivity index (χ0v) is 19.4. The second-order valence-corrected chi connectivity index (χ2v) is 8.45. The van der Waals surface area contributed by atoms with Gasteiger partial charge in [0, 0.05) is 32.4 Å². The first-order valence-corrected chi connectivity index (χ1v) is 11.5. The third-order valence-electron chi connectivity index (χ3n) is 6.10. The molecule has 4 rings (SSSR count). The maximum atomic E-state index is 13.3. The molecule has 0 aliphatic carbocycles. The minimum Gasteiger partial charge on any atom is -0.374 e. The summed E-state index contributed by atoms with van der Waals surface area (Å²) in [5.74, 6) is -0.872. The Morgan fingerprint density at radius 2 is 1.39 bits per heavy atom. The molecule has 1 saturated heterocycles. The Labute approximate surface area is 208 Å². The number of hydrogen-bond acceptors (Lipinski definition) is 4. The van der Waals surface area contributed by atoms with Crippen molar-refractivity contribution < 1.29 is 18.0 Å². The summed E-state index contributed by atoms with van der Waals surface area (Å²) < 4.78 is 39.8. The normalized spacial score (nSPS) is 15.0. The van der Waals surface area contributed by atoms with Gasteiger partial charge in [0.15, 0.2) is 0 Å². The maximum Gasteiger partial charge on any atom is 0.418 e. The number of amides is 1. The molecular formula is C28H25F3N4O. The van der Waals surface area contributed by atoms with Gasteiger partial charge in [0.05, 0.1) is 17.3 Å². The van der Waals surface area contributed by atoms with E-state index in [0.29, 0.717) is 26.2 Å². The predicted octanol–water partition coefficient (Wildman–Crippen LogP) is 5.46. The third-order valence-corrected chi connectivity index (χ3v) is 6.10. The van der Waals surface area contributed by atoms with Crippen molar-refractivity contribution in [1.82, 2.24) is 9.80 Å². The fourth-order valence-electron chi connectivity index (χ4n) is 4.36. The van der Waals surface area contributed by atoms with E-state index in [0.717, 1.165) is 6.07 Å². The van der Waals surface area contributed by atoms with E-state index in [1.807, 2.05) is 47.4 Å². The van der Waals surface area contributed by atoms with E-state index in [4.69, 9.17) is 0 Å². The number of rotatable bonds is 6. The van der Waals surface area contributed by atoms with Gasteiger partial charge in [-0.25, -0.2) is 0 Å². The van der Waals surface area contributed by atoms with Crippen LogP contribution in [0.5, 0.6) is 0 Å². The Balaban J connectivity index is 1.46. The van der Waals surface area contributed by atoms with Crippen molar-refractivity contribution in [2.75, 3.05) is 31.5 Å². The van der Waals surface area contributed by atoms with Crippen LogP contribution >= 0.6 is 0 Å². The van der Waals surface area contributed by atoms with Crippen LogP contribution in [0, 0.1) is 11.3 Å². The van der Waals surface area contributed by atoms with Crippen molar-refractivity contribution in [3.8, 4) is 6.07 Å². The minimum atomic E-state index is -4.62. The molecule has 1 aliphatic rings. The van der Waals surface area contributed by atoms with E-state index < -0.39 is 17.6 Å². The molecule has 0 radical (unpaired) electrons. The van der Waals surface area contributed by atoms with Crippen molar-refractivity contribution in [2.45, 2.75) is 12.2 Å². The molecule has 0 unspecified atom stereocenters. The molecule has 0 saturated carbocycles. The second-order valence-electron chi connectivity index (χ2n) is 8.45. The van der Waals surface area contributed by atoms with Crippen molar-refractivity contribution in [3.05, 3.63) is 113 Å². The lowest BCUT2D eigenvalue weighted by Gasteiger charge is -2.39. The van der Waals surface area contributed by atoms with Gasteiger partial charge in [0.1, 0.15) is 11.6 Å². The summed E-state index contributed by atoms with van der Waals surface area (Å²) in [6.45, 7) is 2.49. The fraction of sp³-hybridized carbons (Fsp3) is 0.214. The van der Waals surface area contributed by atoms with Crippen LogP contribution in [0.4, 0.5) is 18.9 Å². The van der Waals surface area contributed by atoms with Gasteiger partial charge < -0.3 is 10.2 Å². The van der Waals surface area contributed by atoms with Gasteiger partial charge >= 0.3 is 6.18 Å². The molecule has 3 aromatic rings. The quantitative estimate of drug-likeness (QED) is 0.368. The fourth-order valence-corrected chi connectivity index (χ4v) is 4.36. The van der Waals surface area contributed by atoms with Crippen molar-refractivity contribution in [2.24, 2.45) is 0 Å². The number of hydrogen-bond donors (Lipinski definition) is 1. The molecule has 36 heavy (non-hydrogen) atoms. The molecular weight excluding hydrogens is 465 g/mol. The molecule has 8 heteroatoms. The monoisotopic (exact) mass is 490 g/mol. The topological polar surface area (TPSA) is 59.4 Å². The second kappa shape index (κ2) is 11.1. The van der Waals surface area contributed by atoms with E-state index in [-0.39, 0.29) is 17.3 Å². The van der Waals surface area contributed by atoms with Crippen LogP contribution in [0.25, 0.3) is 0 Å². The Hall–Kier alpha value is -4.09. The van der Waals surface area contributed by atoms with E-state index >= 15 is 0 Å². The number of halogens is 3. The van der Waals surface area contributed by atoms with E-state index in [2.05, 4.69) is 34.5 Å². The zero-order valence-electron chi connectivity index (χ0n) is 19.4. The molecule has 1 N–H and O–H groups in total. The van der Waals surface area contributed by atoms with Gasteiger partial charge in [-0.1, -0.05) is 72.8 Å². The highest BCUT2D eigenvalue weighted by Crippen LogP contribution is 2.35. The summed E-state index contributed by atoms with van der Waals surface area (Å²) in [6.07, 6.45) is -3.19. The van der Waals surface area contributed by atoms with Crippen molar-refractivity contribution in [1.29, 1.82) is 5.26 Å². The van der Waals surface area contributed by atoms with Gasteiger partial charge in [0.2, 0.25) is 0 Å².